The van der Waals surface area contributed by atoms with Crippen LogP contribution >= 0.6 is 0 Å². The first-order valence-corrected chi connectivity index (χ1v) is 41.7. The van der Waals surface area contributed by atoms with Gasteiger partial charge in [0.15, 0.2) is 5.96 Å². The molecule has 124 heavy (non-hydrogen) atoms. The van der Waals surface area contributed by atoms with Crippen molar-refractivity contribution in [2.75, 3.05) is 26.2 Å². The number of phenolic OH excluding ortho intramolecular Hbond substituents is 1. The minimum Gasteiger partial charge on any atom is -0.508 e. The number of carbonyl (C=O) groups is 16. The number of H-pyrrole nitrogens is 3. The molecule has 1 aliphatic rings. The van der Waals surface area contributed by atoms with Crippen molar-refractivity contribution in [3.63, 3.8) is 0 Å². The molecule has 25 N–H and O–H groups in total. The Hall–Kier alpha value is -13.5. The Morgan fingerprint density at radius 3 is 1.56 bits per heavy atom. The second kappa shape index (κ2) is 48.3. The summed E-state index contributed by atoms with van der Waals surface area (Å²) in [5.41, 5.74) is 20.1. The maximum atomic E-state index is 14.9. The number of likely N-dealkylation sites (tertiary alicyclic amines) is 1. The highest BCUT2D eigenvalue weighted by Gasteiger charge is 2.41. The summed E-state index contributed by atoms with van der Waals surface area (Å²) in [5.74, 6) is -14.7. The molecule has 6 aromatic rings. The lowest BCUT2D eigenvalue weighted by Gasteiger charge is -2.31. The number of nitrogens with one attached hydrogen (secondary N) is 18. The third-order valence-corrected chi connectivity index (χ3v) is 20.8. The van der Waals surface area contributed by atoms with Gasteiger partial charge in [0, 0.05) is 86.1 Å². The van der Waals surface area contributed by atoms with Crippen LogP contribution in [-0.2, 0) is 102 Å². The third-order valence-electron chi connectivity index (χ3n) is 20.8. The number of aromatic amines is 3. The number of carbonyl (C=O) groups excluding carboxylic acids is 16. The molecule has 12 atom stereocenters. The quantitative estimate of drug-likeness (QED) is 0.0119. The molecule has 7 rings (SSSR count). The number of hydrogen-bond acceptors (Lipinski definition) is 19. The number of aromatic nitrogens is 4. The SMILES string of the molecule is CCCC[C@H](NC(=O)[C@H](CC(C)C)NC(=O)[C@@H](Cc1c[nH]c2ccccc12)NC(=O)CNC(=O)[C@@H](NC(=O)[C@H](C)NC(=O)[C@H](Cc1c[nH]c2ccccc12)NC(=O)[C@H](Cc1c[nH]cn1)NC(=O)[C@H](CC(N)=O)NC(=O)CNC(=O)[C@H](CCCNC(=N)N)NC(=O)[C@@H]1CCCN1C(=O)[C@H](Cc1ccc(O)cc1)NC(=O)[C@H](CCCC)NC(C)=O)C(C)C)C(N)=O. The van der Waals surface area contributed by atoms with Crippen LogP contribution in [-0.4, -0.2) is 229 Å². The van der Waals surface area contributed by atoms with Gasteiger partial charge in [0.25, 0.3) is 0 Å². The number of hydrogen-bond donors (Lipinski definition) is 22. The number of phenols is 1. The molecule has 0 radical (unpaired) electrons. The van der Waals surface area contributed by atoms with E-state index < -0.39 is 192 Å². The van der Waals surface area contributed by atoms with Crippen LogP contribution in [0.3, 0.4) is 0 Å². The fraction of sp³-hybridized carbons (Fsp3) is 0.500. The van der Waals surface area contributed by atoms with E-state index >= 15 is 0 Å². The maximum absolute atomic E-state index is 14.9. The first kappa shape index (κ1) is 97.7. The van der Waals surface area contributed by atoms with Gasteiger partial charge in [0.05, 0.1) is 31.5 Å². The van der Waals surface area contributed by atoms with E-state index in [1.807, 2.05) is 45.9 Å². The normalized spacial score (nSPS) is 15.1. The van der Waals surface area contributed by atoms with Gasteiger partial charge >= 0.3 is 0 Å². The molecular weight excluding hydrogens is 1600 g/mol. The van der Waals surface area contributed by atoms with Gasteiger partial charge in [-0.25, -0.2) is 4.98 Å². The molecule has 0 spiro atoms. The predicted octanol–water partition coefficient (Wildman–Crippen LogP) is -1.35. The van der Waals surface area contributed by atoms with Crippen LogP contribution in [0.1, 0.15) is 155 Å². The summed E-state index contributed by atoms with van der Waals surface area (Å²) in [6, 6.07) is 4.00. The van der Waals surface area contributed by atoms with Crippen molar-refractivity contribution in [3.05, 3.63) is 120 Å². The number of primary amides is 2. The molecule has 1 aliphatic heterocycles. The second-order valence-electron chi connectivity index (χ2n) is 31.7. The Morgan fingerprint density at radius 2 is 1.02 bits per heavy atom. The molecule has 4 heterocycles. The van der Waals surface area contributed by atoms with E-state index in [2.05, 4.69) is 94.4 Å². The van der Waals surface area contributed by atoms with E-state index in [0.29, 0.717) is 53.3 Å². The van der Waals surface area contributed by atoms with Crippen molar-refractivity contribution in [2.24, 2.45) is 29.0 Å². The van der Waals surface area contributed by atoms with Gasteiger partial charge < -0.3 is 117 Å². The number of fused-ring (bicyclic) bond motifs is 2. The second-order valence-corrected chi connectivity index (χ2v) is 31.7. The molecule has 16 amide bonds. The largest absolute Gasteiger partial charge is 0.508 e. The molecule has 3 aromatic carbocycles. The Morgan fingerprint density at radius 1 is 0.516 bits per heavy atom. The highest BCUT2D eigenvalue weighted by molar-refractivity contribution is 6.01. The summed E-state index contributed by atoms with van der Waals surface area (Å²) in [5, 5.41) is 55.6. The Labute approximate surface area is 717 Å². The van der Waals surface area contributed by atoms with Gasteiger partial charge in [0.1, 0.15) is 78.3 Å². The van der Waals surface area contributed by atoms with Crippen LogP contribution in [0, 0.1) is 17.2 Å². The monoisotopic (exact) mass is 1720 g/mol. The lowest BCUT2D eigenvalue weighted by Crippen LogP contribution is -2.60. The van der Waals surface area contributed by atoms with Gasteiger partial charge in [-0.05, 0) is 105 Å². The van der Waals surface area contributed by atoms with Crippen molar-refractivity contribution in [3.8, 4) is 5.75 Å². The third kappa shape index (κ3) is 30.6. The summed E-state index contributed by atoms with van der Waals surface area (Å²) in [6.07, 6.45) is 8.03. The molecular formula is C84H119N23O17. The zero-order chi connectivity index (χ0) is 90.9. The van der Waals surface area contributed by atoms with Crippen molar-refractivity contribution >= 4 is 122 Å². The predicted molar refractivity (Wildman–Crippen MR) is 457 cm³/mol. The average molecular weight is 1720 g/mol. The van der Waals surface area contributed by atoms with Crippen LogP contribution in [0.15, 0.2) is 97.7 Å². The van der Waals surface area contributed by atoms with Gasteiger partial charge in [0.2, 0.25) is 94.5 Å². The van der Waals surface area contributed by atoms with Gasteiger partial charge in [-0.3, -0.25) is 82.1 Å². The average Bonchev–Trinajstić information content (AvgIpc) is 1.67. The molecule has 1 saturated heterocycles. The minimum atomic E-state index is -1.84. The number of unbranched alkanes of at least 4 members (excludes halogenated alkanes) is 2. The fourth-order valence-corrected chi connectivity index (χ4v) is 14.3. The van der Waals surface area contributed by atoms with E-state index in [1.165, 1.54) is 43.4 Å². The minimum absolute atomic E-state index is 0.0500. The van der Waals surface area contributed by atoms with Crippen LogP contribution < -0.4 is 91.6 Å². The Balaban J connectivity index is 1.03. The number of guanidine groups is 1. The van der Waals surface area contributed by atoms with Crippen molar-refractivity contribution in [1.82, 2.24) is 99.3 Å². The topological polar surface area (TPSA) is 627 Å². The van der Waals surface area contributed by atoms with Gasteiger partial charge in [-0.15, -0.1) is 0 Å². The van der Waals surface area contributed by atoms with Crippen LogP contribution in [0.5, 0.6) is 5.75 Å². The first-order valence-electron chi connectivity index (χ1n) is 41.7. The van der Waals surface area contributed by atoms with Crippen LogP contribution in [0.4, 0.5) is 0 Å². The molecule has 40 heteroatoms. The Bertz CT molecular complexity index is 4720. The van der Waals surface area contributed by atoms with Gasteiger partial charge in [-0.2, -0.15) is 0 Å². The van der Waals surface area contributed by atoms with E-state index in [1.54, 1.807) is 68.7 Å². The molecule has 0 saturated carbocycles. The molecule has 0 bridgehead atoms. The number of nitrogens with two attached hydrogens (primary N) is 3. The van der Waals surface area contributed by atoms with E-state index in [9.17, 15) is 81.8 Å². The van der Waals surface area contributed by atoms with Crippen molar-refractivity contribution in [1.29, 1.82) is 5.41 Å². The Kier molecular flexibility index (Phi) is 38.0. The zero-order valence-electron chi connectivity index (χ0n) is 71.1. The van der Waals surface area contributed by atoms with E-state index in [0.717, 1.165) is 17.3 Å². The number of benzene rings is 3. The zero-order valence-corrected chi connectivity index (χ0v) is 71.1. The maximum Gasteiger partial charge on any atom is 0.246 e. The summed E-state index contributed by atoms with van der Waals surface area (Å²) in [6.45, 7) is 11.8. The number of aromatic hydroxyl groups is 1. The number of amides is 16. The number of nitrogens with zero attached hydrogens (tertiary/aromatic N) is 2. The van der Waals surface area contributed by atoms with Crippen LogP contribution in [0.2, 0.25) is 0 Å². The number of para-hydroxylation sites is 2. The summed E-state index contributed by atoms with van der Waals surface area (Å²) >= 11 is 0. The highest BCUT2D eigenvalue weighted by Crippen LogP contribution is 2.25. The van der Waals surface area contributed by atoms with Crippen molar-refractivity contribution < 1.29 is 81.8 Å². The highest BCUT2D eigenvalue weighted by atomic mass is 16.3. The summed E-state index contributed by atoms with van der Waals surface area (Å²) < 4.78 is 0. The molecule has 672 valence electrons. The molecule has 0 aliphatic carbocycles. The van der Waals surface area contributed by atoms with Gasteiger partial charge in [-0.1, -0.05) is 116 Å². The summed E-state index contributed by atoms with van der Waals surface area (Å²) in [7, 11) is 0. The smallest absolute Gasteiger partial charge is 0.246 e. The number of rotatable bonds is 50. The fourth-order valence-electron chi connectivity index (χ4n) is 14.3. The lowest BCUT2D eigenvalue weighted by molar-refractivity contribution is -0.142. The van der Waals surface area contributed by atoms with E-state index in [-0.39, 0.29) is 101 Å². The van der Waals surface area contributed by atoms with Crippen molar-refractivity contribution in [2.45, 2.75) is 231 Å². The van der Waals surface area contributed by atoms with Crippen LogP contribution in [0.25, 0.3) is 21.8 Å². The van der Waals surface area contributed by atoms with E-state index in [4.69, 9.17) is 22.6 Å². The lowest BCUT2D eigenvalue weighted by atomic mass is 10.00. The number of imidazole rings is 1. The first-order chi connectivity index (χ1) is 59.0. The molecule has 0 unspecified atom stereocenters. The molecule has 40 nitrogen and oxygen atoms in total. The standard InChI is InChI=1S/C84H119N23O17/c1-9-11-21-58(72(86)113)100-77(118)61(33-45(3)4)102-78(119)62(35-50-39-91-56-23-15-13-19-54(50)56)98-70(112)43-94-82(123)71(46(5)6)106-73(114)47(7)96-76(117)63(36-51-40-92-57-24-16-14-20-55(51)57)103-79(120)64(37-52-41-89-44-95-52)104-80(121)65(38-68(85)110)99-69(111)42-93-74(115)59(25-17-31-90-84(87)88)101-81(122)67-26-18-32-107(67)83(124)66(34-49-27-29-53(109)30-28-49)105-75(116)60(22-12-10-2)97-48(8)108/h13-16,19-20,23-24,27-30,39-41,44-47,58-67,71,91-92,109H,9-12,17-18,21-22,25-26,31-38,42-43H2,1-8H3,(H2,85,110)(H2,86,113)(H,89,95)(H,93,115)(H,94,123)(H,96,117)(H,97,108)(H,98,112)(H,99,111)(H,100,118)(H,101,122)(H,102,119)(H,103,120)(H,104,121)(H,105,116)(H,106,114)(H4,87,88,90)/t47-,58-,59-,60-,61-,62+,63-,64-,65-,66-,67-,71-/m0/s1. The molecule has 1 fully saturated rings. The molecule has 3 aromatic heterocycles. The summed E-state index contributed by atoms with van der Waals surface area (Å²) in [4.78, 5) is 238.